The lowest BCUT2D eigenvalue weighted by Gasteiger charge is -2.33. The molecule has 0 radical (unpaired) electrons. The monoisotopic (exact) mass is 361 g/mol. The fraction of sp³-hybridized carbons (Fsp3) is 0.750. The predicted molar refractivity (Wildman–Crippen MR) is 100 cm³/mol. The molecule has 1 aromatic rings. The van der Waals surface area contributed by atoms with Crippen molar-refractivity contribution in [2.45, 2.75) is 44.6 Å². The SMILES string of the molecule is c1coc(CCNC(=NCC2CCCO2)N2CCC3(CCOCC3)C2)c1. The number of hydrogen-bond donors (Lipinski definition) is 1. The maximum absolute atomic E-state index is 5.75. The molecule has 4 heterocycles. The first-order chi connectivity index (χ1) is 12.8. The minimum atomic E-state index is 0.288. The van der Waals surface area contributed by atoms with E-state index in [-0.39, 0.29) is 6.10 Å². The number of likely N-dealkylation sites (tertiary alicyclic amines) is 1. The van der Waals surface area contributed by atoms with Crippen molar-refractivity contribution in [2.75, 3.05) is 46.0 Å². The van der Waals surface area contributed by atoms with Gasteiger partial charge in [-0.15, -0.1) is 0 Å². The third kappa shape index (κ3) is 4.41. The minimum Gasteiger partial charge on any atom is -0.469 e. The van der Waals surface area contributed by atoms with Gasteiger partial charge in [0.2, 0.25) is 0 Å². The molecule has 6 heteroatoms. The van der Waals surface area contributed by atoms with Gasteiger partial charge in [0.1, 0.15) is 5.76 Å². The van der Waals surface area contributed by atoms with Gasteiger partial charge in [0, 0.05) is 45.9 Å². The van der Waals surface area contributed by atoms with Crippen LogP contribution in [0.2, 0.25) is 0 Å². The lowest BCUT2D eigenvalue weighted by atomic mass is 9.80. The van der Waals surface area contributed by atoms with Gasteiger partial charge in [-0.3, -0.25) is 4.99 Å². The van der Waals surface area contributed by atoms with Gasteiger partial charge in [0.15, 0.2) is 5.96 Å². The van der Waals surface area contributed by atoms with Crippen LogP contribution in [0.25, 0.3) is 0 Å². The summed E-state index contributed by atoms with van der Waals surface area (Å²) in [5.41, 5.74) is 0.422. The third-order valence-corrected chi connectivity index (χ3v) is 5.99. The van der Waals surface area contributed by atoms with Crippen LogP contribution in [0.4, 0.5) is 0 Å². The molecule has 144 valence electrons. The number of rotatable bonds is 5. The number of hydrogen-bond acceptors (Lipinski definition) is 4. The molecule has 3 fully saturated rings. The molecule has 1 N–H and O–H groups in total. The molecule has 3 saturated heterocycles. The Kier molecular flexibility index (Phi) is 5.80. The van der Waals surface area contributed by atoms with Crippen molar-refractivity contribution in [3.8, 4) is 0 Å². The van der Waals surface area contributed by atoms with E-state index in [4.69, 9.17) is 18.9 Å². The van der Waals surface area contributed by atoms with E-state index in [2.05, 4.69) is 10.2 Å². The lowest BCUT2D eigenvalue weighted by Crippen LogP contribution is -2.43. The van der Waals surface area contributed by atoms with Gasteiger partial charge in [-0.2, -0.15) is 0 Å². The average molecular weight is 361 g/mol. The van der Waals surface area contributed by atoms with Crippen molar-refractivity contribution >= 4 is 5.96 Å². The molecule has 3 aliphatic rings. The van der Waals surface area contributed by atoms with E-state index in [0.29, 0.717) is 5.41 Å². The first kappa shape index (κ1) is 17.9. The van der Waals surface area contributed by atoms with E-state index in [1.807, 2.05) is 12.1 Å². The molecule has 0 saturated carbocycles. The topological polar surface area (TPSA) is 59.2 Å². The molecule has 4 rings (SSSR count). The first-order valence-corrected chi connectivity index (χ1v) is 10.1. The number of furan rings is 1. The molecule has 1 unspecified atom stereocenters. The Morgan fingerprint density at radius 2 is 2.19 bits per heavy atom. The maximum Gasteiger partial charge on any atom is 0.194 e. The molecule has 1 spiro atoms. The zero-order valence-electron chi connectivity index (χ0n) is 15.6. The summed E-state index contributed by atoms with van der Waals surface area (Å²) in [6, 6.07) is 3.97. The molecule has 0 amide bonds. The summed E-state index contributed by atoms with van der Waals surface area (Å²) in [4.78, 5) is 7.38. The Labute approximate surface area is 155 Å². The first-order valence-electron chi connectivity index (χ1n) is 10.1. The number of aliphatic imine (C=N–C) groups is 1. The second kappa shape index (κ2) is 8.44. The summed E-state index contributed by atoms with van der Waals surface area (Å²) in [5, 5.41) is 3.58. The normalized spacial score (nSPS) is 25.9. The number of ether oxygens (including phenoxy) is 2. The Morgan fingerprint density at radius 1 is 1.27 bits per heavy atom. The maximum atomic E-state index is 5.75. The third-order valence-electron chi connectivity index (χ3n) is 5.99. The Hall–Kier alpha value is -1.53. The molecule has 6 nitrogen and oxygen atoms in total. The molecular weight excluding hydrogens is 330 g/mol. The largest absolute Gasteiger partial charge is 0.469 e. The second-order valence-electron chi connectivity index (χ2n) is 7.84. The number of guanidine groups is 1. The van der Waals surface area contributed by atoms with E-state index < -0.39 is 0 Å². The zero-order chi connectivity index (χ0) is 17.7. The molecule has 26 heavy (non-hydrogen) atoms. The Balaban J connectivity index is 1.37. The fourth-order valence-corrected chi connectivity index (χ4v) is 4.33. The fourth-order valence-electron chi connectivity index (χ4n) is 4.33. The van der Waals surface area contributed by atoms with E-state index >= 15 is 0 Å². The minimum absolute atomic E-state index is 0.288. The molecule has 0 aliphatic carbocycles. The van der Waals surface area contributed by atoms with Gasteiger partial charge >= 0.3 is 0 Å². The van der Waals surface area contributed by atoms with Gasteiger partial charge in [-0.05, 0) is 49.7 Å². The van der Waals surface area contributed by atoms with Crippen LogP contribution in [0, 0.1) is 5.41 Å². The van der Waals surface area contributed by atoms with Crippen LogP contribution < -0.4 is 5.32 Å². The van der Waals surface area contributed by atoms with Gasteiger partial charge in [-0.25, -0.2) is 0 Å². The van der Waals surface area contributed by atoms with Crippen molar-refractivity contribution in [1.29, 1.82) is 0 Å². The Morgan fingerprint density at radius 3 is 2.96 bits per heavy atom. The van der Waals surface area contributed by atoms with Crippen molar-refractivity contribution in [3.05, 3.63) is 24.2 Å². The molecule has 3 aliphatic heterocycles. The quantitative estimate of drug-likeness (QED) is 0.645. The predicted octanol–water partition coefficient (Wildman–Crippen LogP) is 2.45. The van der Waals surface area contributed by atoms with Gasteiger partial charge in [0.05, 0.1) is 18.9 Å². The lowest BCUT2D eigenvalue weighted by molar-refractivity contribution is 0.0217. The van der Waals surface area contributed by atoms with E-state index in [1.165, 1.54) is 19.3 Å². The average Bonchev–Trinajstić information content (AvgIpc) is 3.42. The smallest absolute Gasteiger partial charge is 0.194 e. The van der Waals surface area contributed by atoms with Crippen molar-refractivity contribution < 1.29 is 13.9 Å². The van der Waals surface area contributed by atoms with Crippen molar-refractivity contribution in [1.82, 2.24) is 10.2 Å². The van der Waals surface area contributed by atoms with E-state index in [9.17, 15) is 0 Å². The highest BCUT2D eigenvalue weighted by Gasteiger charge is 2.40. The van der Waals surface area contributed by atoms with Crippen LogP contribution in [-0.2, 0) is 15.9 Å². The standard InChI is InChI=1S/C20H31N3O3/c1-3-17(25-11-1)5-9-21-19(22-15-18-4-2-12-26-18)23-10-6-20(16-23)7-13-24-14-8-20/h1,3,11,18H,2,4-10,12-16H2,(H,21,22). The molecule has 1 aromatic heterocycles. The van der Waals surface area contributed by atoms with Crippen LogP contribution in [0.3, 0.4) is 0 Å². The second-order valence-corrected chi connectivity index (χ2v) is 7.84. The van der Waals surface area contributed by atoms with Gasteiger partial charge in [-0.1, -0.05) is 0 Å². The van der Waals surface area contributed by atoms with Crippen LogP contribution in [0.5, 0.6) is 0 Å². The van der Waals surface area contributed by atoms with E-state index in [0.717, 1.165) is 77.0 Å². The summed E-state index contributed by atoms with van der Waals surface area (Å²) < 4.78 is 16.8. The molecule has 1 atom stereocenters. The van der Waals surface area contributed by atoms with Crippen LogP contribution in [0.15, 0.2) is 27.8 Å². The zero-order valence-corrected chi connectivity index (χ0v) is 15.6. The summed E-state index contributed by atoms with van der Waals surface area (Å²) in [6.45, 7) is 6.46. The molecule has 0 aromatic carbocycles. The van der Waals surface area contributed by atoms with Crippen LogP contribution in [0.1, 0.15) is 37.9 Å². The highest BCUT2D eigenvalue weighted by Crippen LogP contribution is 2.39. The van der Waals surface area contributed by atoms with E-state index in [1.54, 1.807) is 6.26 Å². The summed E-state index contributed by atoms with van der Waals surface area (Å²) >= 11 is 0. The highest BCUT2D eigenvalue weighted by atomic mass is 16.5. The molecule has 0 bridgehead atoms. The summed E-state index contributed by atoms with van der Waals surface area (Å²) in [5.74, 6) is 2.05. The molecular formula is C20H31N3O3. The van der Waals surface area contributed by atoms with Crippen molar-refractivity contribution in [3.63, 3.8) is 0 Å². The van der Waals surface area contributed by atoms with Crippen molar-refractivity contribution in [2.24, 2.45) is 10.4 Å². The number of nitrogens with one attached hydrogen (secondary N) is 1. The van der Waals surface area contributed by atoms with Gasteiger partial charge in [0.25, 0.3) is 0 Å². The number of nitrogens with zero attached hydrogens (tertiary/aromatic N) is 2. The summed E-state index contributed by atoms with van der Waals surface area (Å²) in [6.07, 6.45) is 8.78. The van der Waals surface area contributed by atoms with Gasteiger partial charge < -0.3 is 24.1 Å². The van der Waals surface area contributed by atoms with Crippen LogP contribution >= 0.6 is 0 Å². The van der Waals surface area contributed by atoms with Crippen LogP contribution in [-0.4, -0.2) is 63.0 Å². The highest BCUT2D eigenvalue weighted by molar-refractivity contribution is 5.80. The Bertz CT molecular complexity index is 575. The summed E-state index contributed by atoms with van der Waals surface area (Å²) in [7, 11) is 0.